The van der Waals surface area contributed by atoms with E-state index in [1.165, 1.54) is 0 Å². The van der Waals surface area contributed by atoms with Crippen molar-refractivity contribution < 1.29 is 14.3 Å². The zero-order valence-corrected chi connectivity index (χ0v) is 12.8. The molecule has 1 fully saturated rings. The van der Waals surface area contributed by atoms with E-state index in [9.17, 15) is 4.79 Å². The van der Waals surface area contributed by atoms with E-state index in [1.807, 2.05) is 43.0 Å². The second kappa shape index (κ2) is 6.88. The van der Waals surface area contributed by atoms with Gasteiger partial charge in [-0.1, -0.05) is 6.07 Å². The number of esters is 1. The van der Waals surface area contributed by atoms with E-state index in [0.717, 1.165) is 35.8 Å². The molecule has 110 valence electrons. The summed E-state index contributed by atoms with van der Waals surface area (Å²) in [5.41, 5.74) is 0.289. The maximum atomic E-state index is 12.4. The van der Waals surface area contributed by atoms with Crippen LogP contribution in [-0.2, 0) is 9.53 Å². The second-order valence-electron chi connectivity index (χ2n) is 4.77. The molecular formula is C15H21NO3S. The number of hydrogen-bond donors (Lipinski definition) is 1. The summed E-state index contributed by atoms with van der Waals surface area (Å²) < 4.78 is 10.5. The molecule has 0 bridgehead atoms. The van der Waals surface area contributed by atoms with Crippen LogP contribution in [-0.4, -0.2) is 36.7 Å². The molecule has 1 aliphatic heterocycles. The molecular weight excluding hydrogens is 274 g/mol. The topological polar surface area (TPSA) is 47.6 Å². The number of benzene rings is 1. The number of nitrogens with one attached hydrogen (secondary N) is 1. The third kappa shape index (κ3) is 3.39. The van der Waals surface area contributed by atoms with Crippen LogP contribution < -0.4 is 10.1 Å². The third-order valence-electron chi connectivity index (χ3n) is 3.47. The molecule has 5 heteroatoms. The molecule has 0 radical (unpaired) electrons. The minimum absolute atomic E-state index is 0.150. The Balaban J connectivity index is 2.20. The molecule has 1 aromatic rings. The lowest BCUT2D eigenvalue weighted by molar-refractivity contribution is -0.148. The molecule has 2 rings (SSSR count). The van der Waals surface area contributed by atoms with E-state index in [2.05, 4.69) is 5.32 Å². The van der Waals surface area contributed by atoms with Gasteiger partial charge in [0.2, 0.25) is 0 Å². The molecule has 0 aromatic heterocycles. The normalized spacial score (nSPS) is 17.3. The van der Waals surface area contributed by atoms with Gasteiger partial charge >= 0.3 is 5.97 Å². The molecule has 1 heterocycles. The van der Waals surface area contributed by atoms with Crippen LogP contribution in [0.5, 0.6) is 5.75 Å². The van der Waals surface area contributed by atoms with Crippen LogP contribution in [0.1, 0.15) is 19.8 Å². The zero-order chi connectivity index (χ0) is 14.4. The fourth-order valence-electron chi connectivity index (χ4n) is 2.35. The van der Waals surface area contributed by atoms with Crippen LogP contribution in [0.3, 0.4) is 0 Å². The number of rotatable bonds is 5. The zero-order valence-electron chi connectivity index (χ0n) is 12.0. The van der Waals surface area contributed by atoms with E-state index in [1.54, 1.807) is 7.11 Å². The molecule has 4 nitrogen and oxygen atoms in total. The minimum atomic E-state index is -0.604. The van der Waals surface area contributed by atoms with E-state index in [0.29, 0.717) is 6.61 Å². The first-order valence-electron chi connectivity index (χ1n) is 6.87. The van der Waals surface area contributed by atoms with Crippen molar-refractivity contribution in [2.75, 3.05) is 30.5 Å². The van der Waals surface area contributed by atoms with Gasteiger partial charge in [0.25, 0.3) is 0 Å². The molecule has 0 spiro atoms. The third-order valence-corrected chi connectivity index (χ3v) is 4.45. The summed E-state index contributed by atoms with van der Waals surface area (Å²) >= 11 is 1.88. The Hall–Kier alpha value is -1.36. The Labute approximate surface area is 124 Å². The van der Waals surface area contributed by atoms with Gasteiger partial charge in [0.05, 0.1) is 13.7 Å². The first-order chi connectivity index (χ1) is 9.70. The summed E-state index contributed by atoms with van der Waals surface area (Å²) in [5, 5.41) is 3.39. The standard InChI is InChI=1S/C15H21NO3S/c1-3-19-14(17)15(7-9-20-10-8-15)16-12-5-4-6-13(11-12)18-2/h4-6,11,16H,3,7-10H2,1-2H3. The largest absolute Gasteiger partial charge is 0.497 e. The van der Waals surface area contributed by atoms with Crippen molar-refractivity contribution in [2.24, 2.45) is 0 Å². The van der Waals surface area contributed by atoms with Gasteiger partial charge < -0.3 is 14.8 Å². The number of thioether (sulfide) groups is 1. The van der Waals surface area contributed by atoms with Crippen LogP contribution in [0.4, 0.5) is 5.69 Å². The summed E-state index contributed by atoms with van der Waals surface area (Å²) in [6, 6.07) is 7.66. The molecule has 0 saturated carbocycles. The van der Waals surface area contributed by atoms with Gasteiger partial charge in [-0.3, -0.25) is 0 Å². The first kappa shape index (κ1) is 15.0. The molecule has 0 amide bonds. The Morgan fingerprint density at radius 1 is 1.40 bits per heavy atom. The lowest BCUT2D eigenvalue weighted by atomic mass is 9.91. The molecule has 0 aliphatic carbocycles. The van der Waals surface area contributed by atoms with Gasteiger partial charge in [0.1, 0.15) is 11.3 Å². The molecule has 20 heavy (non-hydrogen) atoms. The lowest BCUT2D eigenvalue weighted by Crippen LogP contribution is -2.50. The van der Waals surface area contributed by atoms with Crippen molar-refractivity contribution in [1.29, 1.82) is 0 Å². The van der Waals surface area contributed by atoms with Gasteiger partial charge in [0.15, 0.2) is 0 Å². The summed E-state index contributed by atoms with van der Waals surface area (Å²) in [4.78, 5) is 12.4. The number of hydrogen-bond acceptors (Lipinski definition) is 5. The van der Waals surface area contributed by atoms with E-state index in [4.69, 9.17) is 9.47 Å². The second-order valence-corrected chi connectivity index (χ2v) is 6.00. The highest BCUT2D eigenvalue weighted by Gasteiger charge is 2.41. The lowest BCUT2D eigenvalue weighted by Gasteiger charge is -2.36. The Morgan fingerprint density at radius 3 is 2.80 bits per heavy atom. The fourth-order valence-corrected chi connectivity index (χ4v) is 3.54. The highest BCUT2D eigenvalue weighted by atomic mass is 32.2. The smallest absolute Gasteiger partial charge is 0.331 e. The van der Waals surface area contributed by atoms with Gasteiger partial charge in [-0.05, 0) is 43.4 Å². The predicted molar refractivity (Wildman–Crippen MR) is 82.5 cm³/mol. The van der Waals surface area contributed by atoms with Gasteiger partial charge in [0, 0.05) is 11.8 Å². The molecule has 0 atom stereocenters. The van der Waals surface area contributed by atoms with Crippen LogP contribution in [0.25, 0.3) is 0 Å². The van der Waals surface area contributed by atoms with Crippen LogP contribution in [0, 0.1) is 0 Å². The molecule has 1 N–H and O–H groups in total. The Morgan fingerprint density at radius 2 is 2.15 bits per heavy atom. The number of methoxy groups -OCH3 is 1. The summed E-state index contributed by atoms with van der Waals surface area (Å²) in [6.45, 7) is 2.25. The highest BCUT2D eigenvalue weighted by molar-refractivity contribution is 7.99. The van der Waals surface area contributed by atoms with Crippen molar-refractivity contribution in [3.05, 3.63) is 24.3 Å². The average Bonchev–Trinajstić information content (AvgIpc) is 2.48. The Kier molecular flexibility index (Phi) is 5.17. The summed E-state index contributed by atoms with van der Waals surface area (Å²) in [6.07, 6.45) is 1.57. The van der Waals surface area contributed by atoms with Crippen molar-refractivity contribution in [2.45, 2.75) is 25.3 Å². The van der Waals surface area contributed by atoms with Crippen LogP contribution in [0.15, 0.2) is 24.3 Å². The maximum Gasteiger partial charge on any atom is 0.331 e. The molecule has 1 aliphatic rings. The van der Waals surface area contributed by atoms with Crippen molar-refractivity contribution >= 4 is 23.4 Å². The molecule has 0 unspecified atom stereocenters. The summed E-state index contributed by atoms with van der Waals surface area (Å²) in [5.74, 6) is 2.56. The maximum absolute atomic E-state index is 12.4. The summed E-state index contributed by atoms with van der Waals surface area (Å²) in [7, 11) is 1.64. The highest BCUT2D eigenvalue weighted by Crippen LogP contribution is 2.32. The van der Waals surface area contributed by atoms with E-state index in [-0.39, 0.29) is 5.97 Å². The quantitative estimate of drug-likeness (QED) is 0.846. The number of anilines is 1. The van der Waals surface area contributed by atoms with Gasteiger partial charge in [-0.15, -0.1) is 0 Å². The van der Waals surface area contributed by atoms with E-state index >= 15 is 0 Å². The van der Waals surface area contributed by atoms with Gasteiger partial charge in [-0.2, -0.15) is 11.8 Å². The van der Waals surface area contributed by atoms with Crippen LogP contribution >= 0.6 is 11.8 Å². The van der Waals surface area contributed by atoms with Crippen molar-refractivity contribution in [3.8, 4) is 5.75 Å². The first-order valence-corrected chi connectivity index (χ1v) is 8.03. The number of ether oxygens (including phenoxy) is 2. The Bertz CT molecular complexity index is 458. The van der Waals surface area contributed by atoms with Gasteiger partial charge in [-0.25, -0.2) is 4.79 Å². The predicted octanol–water partition coefficient (Wildman–Crippen LogP) is 2.94. The monoisotopic (exact) mass is 295 g/mol. The van der Waals surface area contributed by atoms with E-state index < -0.39 is 5.54 Å². The number of carbonyl (C=O) groups is 1. The van der Waals surface area contributed by atoms with Crippen LogP contribution in [0.2, 0.25) is 0 Å². The van der Waals surface area contributed by atoms with Crippen molar-refractivity contribution in [1.82, 2.24) is 0 Å². The SMILES string of the molecule is CCOC(=O)C1(Nc2cccc(OC)c2)CCSCC1. The molecule has 1 saturated heterocycles. The molecule has 1 aromatic carbocycles. The van der Waals surface area contributed by atoms with Crippen molar-refractivity contribution in [3.63, 3.8) is 0 Å². The fraction of sp³-hybridized carbons (Fsp3) is 0.533. The number of carbonyl (C=O) groups excluding carboxylic acids is 1. The average molecular weight is 295 g/mol. The minimum Gasteiger partial charge on any atom is -0.497 e.